The number of benzene rings is 1. The van der Waals surface area contributed by atoms with E-state index in [4.69, 9.17) is 9.84 Å². The maximum absolute atomic E-state index is 13.7. The van der Waals surface area contributed by atoms with Crippen LogP contribution in [0.5, 0.6) is 0 Å². The van der Waals surface area contributed by atoms with Crippen molar-refractivity contribution in [2.24, 2.45) is 17.8 Å². The Balaban J connectivity index is 1.50. The fourth-order valence-electron chi connectivity index (χ4n) is 4.84. The second kappa shape index (κ2) is 11.0. The Morgan fingerprint density at radius 1 is 1.30 bits per heavy atom. The molecule has 1 aromatic carbocycles. The summed E-state index contributed by atoms with van der Waals surface area (Å²) in [5.74, 6) is -0.502. The number of carboxylic acid groups (broad SMARTS) is 1. The summed E-state index contributed by atoms with van der Waals surface area (Å²) in [5, 5.41) is 29.6. The molecule has 0 spiro atoms. The molecule has 2 aliphatic rings. The molecule has 1 saturated heterocycles. The minimum atomic E-state index is -0.761. The van der Waals surface area contributed by atoms with Gasteiger partial charge in [0.2, 0.25) is 0 Å². The predicted octanol–water partition coefficient (Wildman–Crippen LogP) is 3.72. The fraction of sp³-hybridized carbons (Fsp3) is 0.625. The average Bonchev–Trinajstić information content (AvgIpc) is 2.87. The summed E-state index contributed by atoms with van der Waals surface area (Å²) in [6, 6.07) is 6.59. The third-order valence-corrected chi connectivity index (χ3v) is 6.57. The number of carboxylic acids is 1. The Bertz CT molecular complexity index is 721. The lowest BCUT2D eigenvalue weighted by atomic mass is 9.86. The van der Waals surface area contributed by atoms with Gasteiger partial charge in [0.15, 0.2) is 0 Å². The first kappa shape index (κ1) is 22.9. The van der Waals surface area contributed by atoms with Crippen LogP contribution in [0.2, 0.25) is 0 Å². The lowest BCUT2D eigenvalue weighted by Gasteiger charge is -2.21. The number of carbonyl (C=O) groups is 1. The Morgan fingerprint density at radius 3 is 2.87 bits per heavy atom. The van der Waals surface area contributed by atoms with Gasteiger partial charge in [0, 0.05) is 25.4 Å². The highest BCUT2D eigenvalue weighted by molar-refractivity contribution is 5.66. The van der Waals surface area contributed by atoms with Crippen molar-refractivity contribution >= 4 is 5.97 Å². The predicted molar refractivity (Wildman–Crippen MR) is 111 cm³/mol. The normalized spacial score (nSPS) is 30.2. The fourth-order valence-corrected chi connectivity index (χ4v) is 4.84. The van der Waals surface area contributed by atoms with Gasteiger partial charge in [0.05, 0.1) is 18.3 Å². The van der Waals surface area contributed by atoms with Crippen molar-refractivity contribution in [3.63, 3.8) is 0 Å². The zero-order valence-electron chi connectivity index (χ0n) is 17.3. The Kier molecular flexibility index (Phi) is 8.42. The molecule has 0 amide bonds. The molecule has 6 heteroatoms. The molecule has 1 saturated carbocycles. The van der Waals surface area contributed by atoms with Crippen LogP contribution in [0, 0.1) is 23.6 Å². The summed E-state index contributed by atoms with van der Waals surface area (Å²) in [4.78, 5) is 10.7. The number of ether oxygens (including phenoxy) is 1. The molecule has 3 N–H and O–H groups in total. The first-order valence-electron chi connectivity index (χ1n) is 11.0. The van der Waals surface area contributed by atoms with Crippen LogP contribution < -0.4 is 0 Å². The molecule has 3 rings (SSSR count). The van der Waals surface area contributed by atoms with Gasteiger partial charge < -0.3 is 20.1 Å². The van der Waals surface area contributed by atoms with Crippen molar-refractivity contribution in [1.82, 2.24) is 0 Å². The summed E-state index contributed by atoms with van der Waals surface area (Å²) >= 11 is 0. The molecule has 0 radical (unpaired) electrons. The molecule has 1 aliphatic carbocycles. The van der Waals surface area contributed by atoms with Crippen molar-refractivity contribution < 1.29 is 29.2 Å². The van der Waals surface area contributed by atoms with Crippen LogP contribution in [-0.4, -0.2) is 46.2 Å². The van der Waals surface area contributed by atoms with Crippen LogP contribution >= 0.6 is 0 Å². The van der Waals surface area contributed by atoms with E-state index in [9.17, 15) is 19.4 Å². The molecule has 0 unspecified atom stereocenters. The molecule has 5 nitrogen and oxygen atoms in total. The molecule has 0 bridgehead atoms. The van der Waals surface area contributed by atoms with E-state index >= 15 is 0 Å². The molecular weight excluding hydrogens is 387 g/mol. The quantitative estimate of drug-likeness (QED) is 0.530. The van der Waals surface area contributed by atoms with Crippen LogP contribution in [0.3, 0.4) is 0 Å². The summed E-state index contributed by atoms with van der Waals surface area (Å²) in [7, 11) is 0. The van der Waals surface area contributed by atoms with Crippen LogP contribution in [-0.2, 0) is 16.0 Å². The van der Waals surface area contributed by atoms with Gasteiger partial charge in [-0.3, -0.25) is 4.79 Å². The highest BCUT2D eigenvalue weighted by atomic mass is 19.1. The van der Waals surface area contributed by atoms with Gasteiger partial charge >= 0.3 is 5.97 Å². The maximum atomic E-state index is 13.7. The molecule has 6 atom stereocenters. The molecule has 1 aromatic rings. The largest absolute Gasteiger partial charge is 0.481 e. The standard InChI is InChI=1S/C24H33FO5/c25-21-6-2-1-5-17(21)9-10-18(26)11-13-19-20-12-8-16(4-3-7-24(28)29)15-30-23(20)14-22(19)27/h1-2,5-6,11,13,16,18-20,22-23,26-27H,3-4,7-10,12,14-15H2,(H,28,29)/b13-11+/t16-,18-,19+,20+,22+,23-/m0/s1. The molecule has 2 fully saturated rings. The Morgan fingerprint density at radius 2 is 2.10 bits per heavy atom. The number of hydrogen-bond donors (Lipinski definition) is 3. The molecule has 0 aromatic heterocycles. The van der Waals surface area contributed by atoms with Crippen molar-refractivity contribution in [1.29, 1.82) is 0 Å². The van der Waals surface area contributed by atoms with Crippen molar-refractivity contribution in [3.8, 4) is 0 Å². The Hall–Kier alpha value is -1.76. The highest BCUT2D eigenvalue weighted by Crippen LogP contribution is 2.42. The SMILES string of the molecule is O=C(O)CCC[C@H]1CC[C@@H]2[C@@H](/C=C/[C@@H](O)CCc3ccccc3F)[C@H](O)C[C@@H]2OC1. The van der Waals surface area contributed by atoms with Crippen LogP contribution in [0.25, 0.3) is 0 Å². The number of hydrogen-bond acceptors (Lipinski definition) is 4. The van der Waals surface area contributed by atoms with Crippen molar-refractivity contribution in [3.05, 3.63) is 47.8 Å². The topological polar surface area (TPSA) is 87.0 Å². The smallest absolute Gasteiger partial charge is 0.303 e. The zero-order valence-corrected chi connectivity index (χ0v) is 17.3. The minimum Gasteiger partial charge on any atom is -0.481 e. The van der Waals surface area contributed by atoms with Gasteiger partial charge in [0.1, 0.15) is 5.82 Å². The van der Waals surface area contributed by atoms with Gasteiger partial charge in [-0.25, -0.2) is 4.39 Å². The lowest BCUT2D eigenvalue weighted by molar-refractivity contribution is -0.137. The third-order valence-electron chi connectivity index (χ3n) is 6.57. The van der Waals surface area contributed by atoms with Crippen LogP contribution in [0.1, 0.15) is 50.5 Å². The summed E-state index contributed by atoms with van der Waals surface area (Å²) in [6.07, 6.45) is 7.55. The van der Waals surface area contributed by atoms with E-state index < -0.39 is 18.2 Å². The van der Waals surface area contributed by atoms with Gasteiger partial charge in [0.25, 0.3) is 0 Å². The molecule has 30 heavy (non-hydrogen) atoms. The summed E-state index contributed by atoms with van der Waals surface area (Å²) in [5.41, 5.74) is 0.594. The number of aryl methyl sites for hydroxylation is 1. The second-order valence-corrected chi connectivity index (χ2v) is 8.73. The number of halogens is 1. The molecule has 1 aliphatic heterocycles. The maximum Gasteiger partial charge on any atom is 0.303 e. The van der Waals surface area contributed by atoms with Crippen molar-refractivity contribution in [2.75, 3.05) is 6.61 Å². The first-order valence-corrected chi connectivity index (χ1v) is 11.0. The van der Waals surface area contributed by atoms with Gasteiger partial charge in [-0.1, -0.05) is 30.4 Å². The number of aliphatic carboxylic acids is 1. The number of fused-ring (bicyclic) bond motifs is 1. The van der Waals surface area contributed by atoms with E-state index in [0.29, 0.717) is 43.8 Å². The van der Waals surface area contributed by atoms with Gasteiger partial charge in [-0.15, -0.1) is 0 Å². The number of aliphatic hydroxyl groups is 2. The summed E-state index contributed by atoms with van der Waals surface area (Å²) in [6.45, 7) is 0.620. The monoisotopic (exact) mass is 420 g/mol. The van der Waals surface area contributed by atoms with E-state index in [1.807, 2.05) is 6.08 Å². The van der Waals surface area contributed by atoms with E-state index in [-0.39, 0.29) is 30.2 Å². The molecule has 1 heterocycles. The molecule has 166 valence electrons. The van der Waals surface area contributed by atoms with E-state index in [1.165, 1.54) is 6.07 Å². The third kappa shape index (κ3) is 6.37. The highest BCUT2D eigenvalue weighted by Gasteiger charge is 2.43. The van der Waals surface area contributed by atoms with Gasteiger partial charge in [-0.2, -0.15) is 0 Å². The first-order chi connectivity index (χ1) is 14.4. The summed E-state index contributed by atoms with van der Waals surface area (Å²) < 4.78 is 19.8. The Labute approximate surface area is 177 Å². The number of rotatable bonds is 9. The van der Waals surface area contributed by atoms with Crippen LogP contribution in [0.4, 0.5) is 4.39 Å². The van der Waals surface area contributed by atoms with Gasteiger partial charge in [-0.05, 0) is 62.0 Å². The van der Waals surface area contributed by atoms with E-state index in [2.05, 4.69) is 0 Å². The average molecular weight is 421 g/mol. The van der Waals surface area contributed by atoms with Crippen molar-refractivity contribution in [2.45, 2.75) is 69.7 Å². The zero-order chi connectivity index (χ0) is 21.5. The number of aliphatic hydroxyl groups excluding tert-OH is 2. The van der Waals surface area contributed by atoms with E-state index in [0.717, 1.165) is 19.3 Å². The second-order valence-electron chi connectivity index (χ2n) is 8.73. The van der Waals surface area contributed by atoms with E-state index in [1.54, 1.807) is 24.3 Å². The lowest BCUT2D eigenvalue weighted by Crippen LogP contribution is -2.21. The van der Waals surface area contributed by atoms with Crippen LogP contribution in [0.15, 0.2) is 36.4 Å². The minimum absolute atomic E-state index is 0.00896. The molecular formula is C24H33FO5.